The van der Waals surface area contributed by atoms with Crippen LogP contribution in [-0.4, -0.2) is 41.9 Å². The molecule has 0 aliphatic rings. The molecular formula is C10H14O4S3. The lowest BCUT2D eigenvalue weighted by Crippen LogP contribution is -2.17. The minimum Gasteiger partial charge on any atom is -0.292 e. The van der Waals surface area contributed by atoms with Crippen molar-refractivity contribution in [3.63, 3.8) is 0 Å². The van der Waals surface area contributed by atoms with Crippen molar-refractivity contribution in [1.29, 1.82) is 0 Å². The van der Waals surface area contributed by atoms with Crippen LogP contribution in [0.4, 0.5) is 0 Å². The summed E-state index contributed by atoms with van der Waals surface area (Å²) in [4.78, 5) is 13.3. The van der Waals surface area contributed by atoms with Gasteiger partial charge in [0.05, 0.1) is 16.4 Å². The minimum absolute atomic E-state index is 0.0227. The van der Waals surface area contributed by atoms with Gasteiger partial charge in [-0.15, -0.1) is 11.3 Å². The highest BCUT2D eigenvalue weighted by atomic mass is 32.2. The number of rotatable bonds is 6. The van der Waals surface area contributed by atoms with Crippen molar-refractivity contribution in [3.8, 4) is 0 Å². The number of ketones is 1. The minimum atomic E-state index is -3.12. The van der Waals surface area contributed by atoms with Crippen molar-refractivity contribution in [2.75, 3.05) is 23.5 Å². The van der Waals surface area contributed by atoms with E-state index in [1.54, 1.807) is 6.07 Å². The quantitative estimate of drug-likeness (QED) is 0.735. The number of carbonyl (C=O) groups is 1. The van der Waals surface area contributed by atoms with Gasteiger partial charge in [-0.2, -0.15) is 0 Å². The van der Waals surface area contributed by atoms with E-state index in [1.807, 2.05) is 13.0 Å². The summed E-state index contributed by atoms with van der Waals surface area (Å²) in [5, 5.41) is 0. The molecular weight excluding hydrogens is 280 g/mol. The van der Waals surface area contributed by atoms with Crippen molar-refractivity contribution in [2.24, 2.45) is 0 Å². The SMILES string of the molecule is Cc1ccc(C(=O)CS(=O)CCS(C)(=O)=O)s1. The van der Waals surface area contributed by atoms with Crippen molar-refractivity contribution < 1.29 is 17.4 Å². The number of thiophene rings is 1. The Hall–Kier alpha value is -0.530. The van der Waals surface area contributed by atoms with Crippen LogP contribution in [0.15, 0.2) is 12.1 Å². The first-order valence-electron chi connectivity index (χ1n) is 4.90. The molecule has 0 aliphatic heterocycles. The summed E-state index contributed by atoms with van der Waals surface area (Å²) in [7, 11) is -4.53. The molecule has 0 radical (unpaired) electrons. The van der Waals surface area contributed by atoms with E-state index in [0.717, 1.165) is 11.1 Å². The molecule has 1 heterocycles. The highest BCUT2D eigenvalue weighted by Crippen LogP contribution is 2.15. The second-order valence-electron chi connectivity index (χ2n) is 3.75. The molecule has 17 heavy (non-hydrogen) atoms. The molecule has 0 spiro atoms. The Morgan fingerprint density at radius 2 is 2.06 bits per heavy atom. The Bertz CT molecular complexity index is 528. The molecule has 1 aromatic heterocycles. The van der Waals surface area contributed by atoms with E-state index in [-0.39, 0.29) is 23.0 Å². The van der Waals surface area contributed by atoms with Crippen molar-refractivity contribution in [3.05, 3.63) is 21.9 Å². The third-order valence-electron chi connectivity index (χ3n) is 1.99. The van der Waals surface area contributed by atoms with Crippen LogP contribution in [0.2, 0.25) is 0 Å². The molecule has 0 fully saturated rings. The molecule has 1 aromatic rings. The van der Waals surface area contributed by atoms with Gasteiger partial charge < -0.3 is 0 Å². The maximum absolute atomic E-state index is 11.7. The predicted molar refractivity (Wildman–Crippen MR) is 71.0 cm³/mol. The van der Waals surface area contributed by atoms with Gasteiger partial charge in [0.1, 0.15) is 9.84 Å². The van der Waals surface area contributed by atoms with Crippen LogP contribution >= 0.6 is 11.3 Å². The van der Waals surface area contributed by atoms with Crippen LogP contribution in [0.3, 0.4) is 0 Å². The van der Waals surface area contributed by atoms with Crippen molar-refractivity contribution in [2.45, 2.75) is 6.92 Å². The van der Waals surface area contributed by atoms with Gasteiger partial charge in [0.15, 0.2) is 5.78 Å². The van der Waals surface area contributed by atoms with Crippen molar-refractivity contribution in [1.82, 2.24) is 0 Å². The van der Waals surface area contributed by atoms with Gasteiger partial charge in [-0.1, -0.05) is 0 Å². The lowest BCUT2D eigenvalue weighted by molar-refractivity contribution is 0.102. The van der Waals surface area contributed by atoms with Gasteiger partial charge in [0, 0.05) is 27.7 Å². The summed E-state index contributed by atoms with van der Waals surface area (Å²) in [5.74, 6) is -0.407. The summed E-state index contributed by atoms with van der Waals surface area (Å²) >= 11 is 1.36. The van der Waals surface area contributed by atoms with Crippen LogP contribution in [0, 0.1) is 6.92 Å². The second-order valence-corrected chi connectivity index (χ2v) is 8.88. The fourth-order valence-electron chi connectivity index (χ4n) is 1.12. The smallest absolute Gasteiger partial charge is 0.185 e. The average molecular weight is 294 g/mol. The molecule has 1 rings (SSSR count). The molecule has 7 heteroatoms. The highest BCUT2D eigenvalue weighted by molar-refractivity contribution is 7.92. The van der Waals surface area contributed by atoms with Gasteiger partial charge >= 0.3 is 0 Å². The fraction of sp³-hybridized carbons (Fsp3) is 0.500. The summed E-state index contributed by atoms with van der Waals surface area (Å²) in [5.41, 5.74) is 0. The third kappa shape index (κ3) is 5.56. The standard InChI is InChI=1S/C10H14O4S3/c1-8-3-4-10(15-8)9(11)7-16(12)5-6-17(2,13)14/h3-4H,5-7H2,1-2H3. The first-order chi connectivity index (χ1) is 7.78. The summed E-state index contributed by atoms with van der Waals surface area (Å²) < 4.78 is 33.3. The van der Waals surface area contributed by atoms with E-state index < -0.39 is 20.6 Å². The highest BCUT2D eigenvalue weighted by Gasteiger charge is 2.14. The first kappa shape index (κ1) is 14.5. The second kappa shape index (κ2) is 5.88. The molecule has 0 saturated carbocycles. The largest absolute Gasteiger partial charge is 0.292 e. The number of Topliss-reactive ketones (excluding diaryl/α,β-unsaturated/α-hetero) is 1. The van der Waals surface area contributed by atoms with Gasteiger partial charge in [-0.25, -0.2) is 8.42 Å². The maximum atomic E-state index is 11.7. The molecule has 1 unspecified atom stereocenters. The van der Waals surface area contributed by atoms with E-state index in [0.29, 0.717) is 4.88 Å². The molecule has 0 N–H and O–H groups in total. The number of aryl methyl sites for hydroxylation is 1. The Kier molecular flexibility index (Phi) is 5.03. The van der Waals surface area contributed by atoms with Crippen molar-refractivity contribution >= 4 is 37.8 Å². The Morgan fingerprint density at radius 1 is 1.41 bits per heavy atom. The number of carbonyl (C=O) groups excluding carboxylic acids is 1. The zero-order valence-electron chi connectivity index (χ0n) is 9.63. The van der Waals surface area contributed by atoms with Crippen LogP contribution < -0.4 is 0 Å². The number of hydrogen-bond donors (Lipinski definition) is 0. The average Bonchev–Trinajstić information content (AvgIpc) is 2.61. The zero-order valence-corrected chi connectivity index (χ0v) is 12.1. The lowest BCUT2D eigenvalue weighted by atomic mass is 10.3. The van der Waals surface area contributed by atoms with E-state index in [9.17, 15) is 17.4 Å². The molecule has 0 aliphatic carbocycles. The van der Waals surface area contributed by atoms with Gasteiger partial charge in [0.2, 0.25) is 0 Å². The first-order valence-corrected chi connectivity index (χ1v) is 9.27. The fourth-order valence-corrected chi connectivity index (χ4v) is 4.56. The van der Waals surface area contributed by atoms with Crippen LogP contribution in [0.25, 0.3) is 0 Å². The molecule has 0 bridgehead atoms. The monoisotopic (exact) mass is 294 g/mol. The van der Waals surface area contributed by atoms with Gasteiger partial charge in [-0.3, -0.25) is 9.00 Å². The normalized spacial score (nSPS) is 13.5. The van der Waals surface area contributed by atoms with Crippen LogP contribution in [-0.2, 0) is 20.6 Å². The van der Waals surface area contributed by atoms with Gasteiger partial charge in [0.25, 0.3) is 0 Å². The Labute approximate surface area is 107 Å². The van der Waals surface area contributed by atoms with Gasteiger partial charge in [-0.05, 0) is 19.1 Å². The van der Waals surface area contributed by atoms with Crippen LogP contribution in [0.1, 0.15) is 14.5 Å². The molecule has 96 valence electrons. The molecule has 4 nitrogen and oxygen atoms in total. The maximum Gasteiger partial charge on any atom is 0.185 e. The molecule has 0 amide bonds. The predicted octanol–water partition coefficient (Wildman–Crippen LogP) is 1.03. The van der Waals surface area contributed by atoms with Crippen LogP contribution in [0.5, 0.6) is 0 Å². The third-order valence-corrected chi connectivity index (χ3v) is 5.48. The zero-order chi connectivity index (χ0) is 13.1. The van der Waals surface area contributed by atoms with E-state index in [1.165, 1.54) is 11.3 Å². The topological polar surface area (TPSA) is 68.3 Å². The Morgan fingerprint density at radius 3 is 2.53 bits per heavy atom. The number of sulfone groups is 1. The summed E-state index contributed by atoms with van der Waals surface area (Å²) in [6, 6.07) is 3.54. The summed E-state index contributed by atoms with van der Waals surface area (Å²) in [6.07, 6.45) is 1.09. The Balaban J connectivity index is 2.50. The molecule has 1 atom stereocenters. The van der Waals surface area contributed by atoms with E-state index in [4.69, 9.17) is 0 Å². The van der Waals surface area contributed by atoms with E-state index >= 15 is 0 Å². The number of hydrogen-bond acceptors (Lipinski definition) is 5. The molecule has 0 saturated heterocycles. The van der Waals surface area contributed by atoms with E-state index in [2.05, 4.69) is 0 Å². The summed E-state index contributed by atoms with van der Waals surface area (Å²) in [6.45, 7) is 1.89. The lowest BCUT2D eigenvalue weighted by Gasteiger charge is -1.99. The molecule has 0 aromatic carbocycles.